The number of carbonyl (C=O) groups is 2. The lowest BCUT2D eigenvalue weighted by atomic mass is 9.99. The van der Waals surface area contributed by atoms with E-state index in [0.717, 1.165) is 38.6 Å². The Morgan fingerprint density at radius 2 is 1.93 bits per heavy atom. The molecule has 8 nitrogen and oxygen atoms in total. The van der Waals surface area contributed by atoms with Gasteiger partial charge in [0, 0.05) is 37.8 Å². The molecular formula is C20H31N5O3. The van der Waals surface area contributed by atoms with Crippen LogP contribution in [0.2, 0.25) is 0 Å². The maximum Gasteiger partial charge on any atom is 0.409 e. The van der Waals surface area contributed by atoms with Crippen LogP contribution in [0.5, 0.6) is 0 Å². The summed E-state index contributed by atoms with van der Waals surface area (Å²) < 4.78 is 5.06. The molecule has 3 rings (SSSR count). The normalized spacial score (nSPS) is 20.7. The number of rotatable bonds is 5. The van der Waals surface area contributed by atoms with Crippen LogP contribution in [-0.2, 0) is 4.74 Å². The Hall–Kier alpha value is -2.38. The lowest BCUT2D eigenvalue weighted by Crippen LogP contribution is -2.44. The van der Waals surface area contributed by atoms with Crippen molar-refractivity contribution in [2.75, 3.05) is 31.6 Å². The number of hydrogen-bond acceptors (Lipinski definition) is 6. The third kappa shape index (κ3) is 4.91. The van der Waals surface area contributed by atoms with E-state index in [1.807, 2.05) is 11.8 Å². The molecule has 0 saturated carbocycles. The lowest BCUT2D eigenvalue weighted by molar-refractivity contribution is 0.0601. The fraction of sp³-hybridized carbons (Fsp3) is 0.700. The largest absolute Gasteiger partial charge is 0.450 e. The van der Waals surface area contributed by atoms with Crippen molar-refractivity contribution in [2.24, 2.45) is 0 Å². The van der Waals surface area contributed by atoms with E-state index < -0.39 is 0 Å². The molecule has 154 valence electrons. The Morgan fingerprint density at radius 1 is 1.14 bits per heavy atom. The SMILES string of the molecule is CCOC(=O)N1CCC(Nc2cc(C(=O)N3CCCCC3CC)ncn2)CC1. The maximum atomic E-state index is 12.9. The van der Waals surface area contributed by atoms with Gasteiger partial charge in [0.1, 0.15) is 17.8 Å². The second-order valence-corrected chi connectivity index (χ2v) is 7.45. The van der Waals surface area contributed by atoms with Gasteiger partial charge in [-0.1, -0.05) is 6.92 Å². The van der Waals surface area contributed by atoms with Crippen LogP contribution in [0.3, 0.4) is 0 Å². The second kappa shape index (κ2) is 9.71. The molecule has 8 heteroatoms. The first-order chi connectivity index (χ1) is 13.6. The van der Waals surface area contributed by atoms with Gasteiger partial charge in [-0.3, -0.25) is 4.79 Å². The third-order valence-electron chi connectivity index (χ3n) is 5.62. The monoisotopic (exact) mass is 389 g/mol. The minimum Gasteiger partial charge on any atom is -0.450 e. The van der Waals surface area contributed by atoms with Crippen molar-refractivity contribution in [3.63, 3.8) is 0 Å². The quantitative estimate of drug-likeness (QED) is 0.833. The molecule has 2 amide bonds. The van der Waals surface area contributed by atoms with E-state index in [1.54, 1.807) is 11.0 Å². The van der Waals surface area contributed by atoms with Crippen LogP contribution in [0.1, 0.15) is 62.9 Å². The summed E-state index contributed by atoms with van der Waals surface area (Å²) in [6.07, 6.45) is 7.11. The van der Waals surface area contributed by atoms with Crippen molar-refractivity contribution in [1.82, 2.24) is 19.8 Å². The summed E-state index contributed by atoms with van der Waals surface area (Å²) in [6.45, 7) is 6.44. The van der Waals surface area contributed by atoms with E-state index in [1.165, 1.54) is 12.7 Å². The second-order valence-electron chi connectivity index (χ2n) is 7.45. The third-order valence-corrected chi connectivity index (χ3v) is 5.62. The lowest BCUT2D eigenvalue weighted by Gasteiger charge is -2.35. The molecule has 1 N–H and O–H groups in total. The summed E-state index contributed by atoms with van der Waals surface area (Å²) in [6, 6.07) is 2.27. The Labute approximate surface area is 166 Å². The van der Waals surface area contributed by atoms with Gasteiger partial charge >= 0.3 is 6.09 Å². The van der Waals surface area contributed by atoms with Gasteiger partial charge < -0.3 is 19.9 Å². The number of ether oxygens (including phenoxy) is 1. The zero-order chi connectivity index (χ0) is 19.9. The van der Waals surface area contributed by atoms with Crippen molar-refractivity contribution in [2.45, 2.75) is 64.5 Å². The van der Waals surface area contributed by atoms with Crippen LogP contribution in [0.4, 0.5) is 10.6 Å². The minimum absolute atomic E-state index is 0.00543. The highest BCUT2D eigenvalue weighted by atomic mass is 16.6. The van der Waals surface area contributed by atoms with Gasteiger partial charge in [0.15, 0.2) is 0 Å². The maximum absolute atomic E-state index is 12.9. The smallest absolute Gasteiger partial charge is 0.409 e. The minimum atomic E-state index is -0.247. The number of nitrogens with zero attached hydrogens (tertiary/aromatic N) is 4. The first-order valence-corrected chi connectivity index (χ1v) is 10.4. The molecule has 0 spiro atoms. The summed E-state index contributed by atoms with van der Waals surface area (Å²) in [4.78, 5) is 37.0. The standard InChI is InChI=1S/C20H31N5O3/c1-3-16-7-5-6-10-25(16)19(26)17-13-18(22-14-21-17)23-15-8-11-24(12-9-15)20(27)28-4-2/h13-16H,3-12H2,1-2H3,(H,21,22,23). The molecule has 1 atom stereocenters. The van der Waals surface area contributed by atoms with Gasteiger partial charge in [-0.25, -0.2) is 14.8 Å². The molecule has 0 radical (unpaired) electrons. The van der Waals surface area contributed by atoms with E-state index in [4.69, 9.17) is 4.74 Å². The predicted octanol–water partition coefficient (Wildman–Crippen LogP) is 2.91. The highest BCUT2D eigenvalue weighted by Gasteiger charge is 2.28. The number of likely N-dealkylation sites (tertiary alicyclic amines) is 2. The number of hydrogen-bond donors (Lipinski definition) is 1. The Bertz CT molecular complexity index is 676. The molecule has 0 aromatic carbocycles. The molecule has 28 heavy (non-hydrogen) atoms. The fourth-order valence-corrected chi connectivity index (χ4v) is 4.02. The molecule has 1 unspecified atom stereocenters. The number of anilines is 1. The number of amides is 2. The molecular weight excluding hydrogens is 358 g/mol. The molecule has 2 aliphatic rings. The van der Waals surface area contributed by atoms with Crippen molar-refractivity contribution >= 4 is 17.8 Å². The Balaban J connectivity index is 1.58. The predicted molar refractivity (Wildman–Crippen MR) is 106 cm³/mol. The first kappa shape index (κ1) is 20.4. The topological polar surface area (TPSA) is 87.7 Å². The number of nitrogens with one attached hydrogen (secondary N) is 1. The zero-order valence-electron chi connectivity index (χ0n) is 16.9. The Kier molecular flexibility index (Phi) is 7.06. The molecule has 2 aliphatic heterocycles. The van der Waals surface area contributed by atoms with Gasteiger partial charge in [-0.15, -0.1) is 0 Å². The zero-order valence-corrected chi connectivity index (χ0v) is 16.9. The van der Waals surface area contributed by atoms with E-state index >= 15 is 0 Å². The highest BCUT2D eigenvalue weighted by Crippen LogP contribution is 2.22. The summed E-state index contributed by atoms with van der Waals surface area (Å²) in [5, 5.41) is 3.40. The van der Waals surface area contributed by atoms with Crippen LogP contribution in [0, 0.1) is 0 Å². The van der Waals surface area contributed by atoms with Crippen molar-refractivity contribution in [3.05, 3.63) is 18.1 Å². The molecule has 1 aromatic heterocycles. The number of carbonyl (C=O) groups excluding carboxylic acids is 2. The van der Waals surface area contributed by atoms with Crippen LogP contribution >= 0.6 is 0 Å². The Morgan fingerprint density at radius 3 is 2.64 bits per heavy atom. The van der Waals surface area contributed by atoms with E-state index in [-0.39, 0.29) is 18.0 Å². The van der Waals surface area contributed by atoms with Gasteiger partial charge in [-0.2, -0.15) is 0 Å². The van der Waals surface area contributed by atoms with Crippen molar-refractivity contribution in [3.8, 4) is 0 Å². The van der Waals surface area contributed by atoms with Gasteiger partial charge in [-0.05, 0) is 45.4 Å². The molecule has 2 fully saturated rings. The number of aromatic nitrogens is 2. The summed E-state index contributed by atoms with van der Waals surface area (Å²) in [5.41, 5.74) is 0.446. The molecule has 3 heterocycles. The molecule has 2 saturated heterocycles. The summed E-state index contributed by atoms with van der Waals surface area (Å²) >= 11 is 0. The first-order valence-electron chi connectivity index (χ1n) is 10.4. The van der Waals surface area contributed by atoms with Gasteiger partial charge in [0.05, 0.1) is 6.61 Å². The molecule has 0 bridgehead atoms. The fourth-order valence-electron chi connectivity index (χ4n) is 4.02. The summed E-state index contributed by atoms with van der Waals surface area (Å²) in [7, 11) is 0. The average Bonchev–Trinajstić information content (AvgIpc) is 2.74. The van der Waals surface area contributed by atoms with Crippen LogP contribution in [0.15, 0.2) is 12.4 Å². The van der Waals surface area contributed by atoms with Gasteiger partial charge in [0.25, 0.3) is 5.91 Å². The van der Waals surface area contributed by atoms with Crippen molar-refractivity contribution < 1.29 is 14.3 Å². The average molecular weight is 390 g/mol. The summed E-state index contributed by atoms with van der Waals surface area (Å²) in [5.74, 6) is 0.659. The highest BCUT2D eigenvalue weighted by molar-refractivity contribution is 5.93. The molecule has 1 aromatic rings. The van der Waals surface area contributed by atoms with Crippen molar-refractivity contribution in [1.29, 1.82) is 0 Å². The van der Waals surface area contributed by atoms with E-state index in [2.05, 4.69) is 22.2 Å². The molecule has 0 aliphatic carbocycles. The van der Waals surface area contributed by atoms with E-state index in [9.17, 15) is 9.59 Å². The van der Waals surface area contributed by atoms with Crippen LogP contribution < -0.4 is 5.32 Å². The van der Waals surface area contributed by atoms with Gasteiger partial charge in [0.2, 0.25) is 0 Å². The van der Waals surface area contributed by atoms with E-state index in [0.29, 0.717) is 37.3 Å². The van der Waals surface area contributed by atoms with Crippen LogP contribution in [0.25, 0.3) is 0 Å². The number of piperidine rings is 2. The van der Waals surface area contributed by atoms with Crippen LogP contribution in [-0.4, -0.2) is 70.1 Å².